The number of nitrogens with zero attached hydrogens (tertiary/aromatic N) is 3. The molecule has 1 fully saturated rings. The van der Waals surface area contributed by atoms with Gasteiger partial charge in [0.15, 0.2) is 5.96 Å². The average molecular weight is 384 g/mol. The number of aliphatic imine (C=N–C) groups is 1. The third-order valence-electron chi connectivity index (χ3n) is 4.65. The van der Waals surface area contributed by atoms with Gasteiger partial charge in [-0.2, -0.15) is 13.2 Å². The van der Waals surface area contributed by atoms with Crippen LogP contribution in [0.2, 0.25) is 0 Å². The first kappa shape index (κ1) is 21.1. The highest BCUT2D eigenvalue weighted by atomic mass is 19.4. The molecule has 1 aromatic carbocycles. The molecule has 0 atom stereocenters. The van der Waals surface area contributed by atoms with Gasteiger partial charge in [-0.05, 0) is 36.5 Å². The second-order valence-electron chi connectivity index (χ2n) is 7.15. The molecule has 2 rings (SSSR count). The van der Waals surface area contributed by atoms with Crippen LogP contribution in [0.5, 0.6) is 0 Å². The average Bonchev–Trinajstić information content (AvgIpc) is 2.62. The molecule has 0 spiro atoms. The van der Waals surface area contributed by atoms with E-state index in [4.69, 9.17) is 0 Å². The van der Waals surface area contributed by atoms with Crippen molar-refractivity contribution in [1.29, 1.82) is 0 Å². The van der Waals surface area contributed by atoms with Gasteiger partial charge in [0.05, 0.1) is 18.7 Å². The second kappa shape index (κ2) is 9.10. The van der Waals surface area contributed by atoms with Crippen LogP contribution in [0.1, 0.15) is 30.9 Å². The van der Waals surface area contributed by atoms with Crippen molar-refractivity contribution < 1.29 is 18.0 Å². The molecule has 1 N–H and O–H groups in total. The van der Waals surface area contributed by atoms with E-state index in [1.807, 2.05) is 0 Å². The van der Waals surface area contributed by atoms with Crippen LogP contribution in [-0.4, -0.2) is 55.4 Å². The van der Waals surface area contributed by atoms with Crippen molar-refractivity contribution >= 4 is 11.9 Å². The Balaban J connectivity index is 2.13. The number of likely N-dealkylation sites (N-methyl/N-ethyl adjacent to an activating group) is 1. The summed E-state index contributed by atoms with van der Waals surface area (Å²) in [5.41, 5.74) is -0.201. The number of amides is 1. The van der Waals surface area contributed by atoms with Gasteiger partial charge in [-0.3, -0.25) is 4.79 Å². The Morgan fingerprint density at radius 2 is 1.96 bits per heavy atom. The van der Waals surface area contributed by atoms with Crippen LogP contribution in [0.25, 0.3) is 0 Å². The summed E-state index contributed by atoms with van der Waals surface area (Å²) in [5.74, 6) is 1.11. The molecule has 1 aliphatic heterocycles. The molecule has 8 heteroatoms. The molecule has 5 nitrogen and oxygen atoms in total. The van der Waals surface area contributed by atoms with Gasteiger partial charge in [-0.25, -0.2) is 4.99 Å². The number of guanidine groups is 1. The van der Waals surface area contributed by atoms with E-state index in [1.165, 1.54) is 11.0 Å². The molecule has 0 aromatic heterocycles. The summed E-state index contributed by atoms with van der Waals surface area (Å²) < 4.78 is 38.6. The van der Waals surface area contributed by atoms with Crippen LogP contribution in [0, 0.1) is 5.92 Å². The van der Waals surface area contributed by atoms with Gasteiger partial charge < -0.3 is 15.1 Å². The summed E-state index contributed by atoms with van der Waals surface area (Å²) in [6, 6.07) is 5.18. The summed E-state index contributed by atoms with van der Waals surface area (Å²) in [6.45, 7) is 4.03. The number of carbonyl (C=O) groups excluding carboxylic acids is 1. The number of halogens is 3. The number of hydrogen-bond acceptors (Lipinski definition) is 2. The van der Waals surface area contributed by atoms with Gasteiger partial charge >= 0.3 is 6.18 Å². The van der Waals surface area contributed by atoms with E-state index in [9.17, 15) is 18.0 Å². The van der Waals surface area contributed by atoms with Crippen molar-refractivity contribution in [2.24, 2.45) is 10.9 Å². The normalized spacial score (nSPS) is 16.4. The van der Waals surface area contributed by atoms with Crippen LogP contribution >= 0.6 is 0 Å². The van der Waals surface area contributed by atoms with Gasteiger partial charge in [-0.15, -0.1) is 0 Å². The maximum absolute atomic E-state index is 12.9. The van der Waals surface area contributed by atoms with E-state index < -0.39 is 11.7 Å². The van der Waals surface area contributed by atoms with Gasteiger partial charge in [-0.1, -0.05) is 19.1 Å². The molecule has 1 aliphatic rings. The quantitative estimate of drug-likeness (QED) is 0.641. The Morgan fingerprint density at radius 3 is 2.56 bits per heavy atom. The van der Waals surface area contributed by atoms with Crippen LogP contribution in [0.15, 0.2) is 29.3 Å². The molecule has 1 aromatic rings. The molecular formula is C19H27F3N4O. The SMILES string of the molecule is CC1CCN(C(=NCc2cccc(C(F)(F)F)c2)NCC(=O)N(C)C)CC1. The number of alkyl halides is 3. The molecule has 0 bridgehead atoms. The van der Waals surface area contributed by atoms with E-state index in [0.717, 1.165) is 38.1 Å². The predicted molar refractivity (Wildman–Crippen MR) is 99.3 cm³/mol. The summed E-state index contributed by atoms with van der Waals surface area (Å²) in [7, 11) is 3.35. The highest BCUT2D eigenvalue weighted by Gasteiger charge is 2.30. The molecule has 0 radical (unpaired) electrons. The van der Waals surface area contributed by atoms with E-state index in [-0.39, 0.29) is 19.0 Å². The lowest BCUT2D eigenvalue weighted by Crippen LogP contribution is -2.48. The highest BCUT2D eigenvalue weighted by Crippen LogP contribution is 2.29. The summed E-state index contributed by atoms with van der Waals surface area (Å²) in [6.07, 6.45) is -2.33. The standard InChI is InChI=1S/C19H27F3N4O/c1-14-7-9-26(10-8-14)18(24-13-17(27)25(2)3)23-12-15-5-4-6-16(11-15)19(20,21)22/h4-6,11,14H,7-10,12-13H2,1-3H3,(H,23,24). The van der Waals surface area contributed by atoms with E-state index in [1.54, 1.807) is 20.2 Å². The minimum atomic E-state index is -4.37. The fourth-order valence-electron chi connectivity index (χ4n) is 2.81. The molecule has 1 amide bonds. The van der Waals surface area contributed by atoms with Crippen LogP contribution in [0.3, 0.4) is 0 Å². The van der Waals surface area contributed by atoms with Crippen molar-refractivity contribution in [3.8, 4) is 0 Å². The van der Waals surface area contributed by atoms with Crippen molar-refractivity contribution in [3.63, 3.8) is 0 Å². The predicted octanol–water partition coefficient (Wildman–Crippen LogP) is 2.97. The summed E-state index contributed by atoms with van der Waals surface area (Å²) in [5, 5.41) is 3.06. The zero-order valence-corrected chi connectivity index (χ0v) is 16.0. The van der Waals surface area contributed by atoms with Crippen LogP contribution < -0.4 is 5.32 Å². The molecule has 0 saturated carbocycles. The minimum absolute atomic E-state index is 0.0906. The van der Waals surface area contributed by atoms with Crippen molar-refractivity contribution in [1.82, 2.24) is 15.1 Å². The van der Waals surface area contributed by atoms with Crippen LogP contribution in [-0.2, 0) is 17.5 Å². The largest absolute Gasteiger partial charge is 0.416 e. The molecule has 27 heavy (non-hydrogen) atoms. The van der Waals surface area contributed by atoms with Gasteiger partial charge in [0.1, 0.15) is 0 Å². The number of hydrogen-bond donors (Lipinski definition) is 1. The van der Waals surface area contributed by atoms with Crippen LogP contribution in [0.4, 0.5) is 13.2 Å². The molecule has 1 heterocycles. The van der Waals surface area contributed by atoms with Crippen molar-refractivity contribution in [2.45, 2.75) is 32.5 Å². The number of nitrogens with one attached hydrogen (secondary N) is 1. The van der Waals surface area contributed by atoms with Gasteiger partial charge in [0.25, 0.3) is 0 Å². The molecule has 1 saturated heterocycles. The van der Waals surface area contributed by atoms with E-state index >= 15 is 0 Å². The molecular weight excluding hydrogens is 357 g/mol. The Morgan fingerprint density at radius 1 is 1.30 bits per heavy atom. The molecule has 150 valence electrons. The fraction of sp³-hybridized carbons (Fsp3) is 0.579. The lowest BCUT2D eigenvalue weighted by molar-refractivity contribution is -0.137. The Labute approximate surface area is 158 Å². The number of carbonyl (C=O) groups is 1. The maximum Gasteiger partial charge on any atom is 0.416 e. The van der Waals surface area contributed by atoms with Crippen molar-refractivity contribution in [2.75, 3.05) is 33.7 Å². The summed E-state index contributed by atoms with van der Waals surface area (Å²) in [4.78, 5) is 19.9. The lowest BCUT2D eigenvalue weighted by atomic mass is 9.99. The fourth-order valence-corrected chi connectivity index (χ4v) is 2.81. The number of rotatable bonds is 4. The second-order valence-corrected chi connectivity index (χ2v) is 7.15. The summed E-state index contributed by atoms with van der Waals surface area (Å²) >= 11 is 0. The van der Waals surface area contributed by atoms with E-state index in [0.29, 0.717) is 17.4 Å². The number of benzene rings is 1. The van der Waals surface area contributed by atoms with Gasteiger partial charge in [0.2, 0.25) is 5.91 Å². The Hall–Kier alpha value is -2.25. The monoisotopic (exact) mass is 384 g/mol. The minimum Gasteiger partial charge on any atom is -0.347 e. The topological polar surface area (TPSA) is 47.9 Å². The van der Waals surface area contributed by atoms with E-state index in [2.05, 4.69) is 22.1 Å². The number of likely N-dealkylation sites (tertiary alicyclic amines) is 1. The number of piperidine rings is 1. The Kier molecular flexibility index (Phi) is 7.10. The first-order valence-corrected chi connectivity index (χ1v) is 9.06. The smallest absolute Gasteiger partial charge is 0.347 e. The van der Waals surface area contributed by atoms with Gasteiger partial charge in [0, 0.05) is 27.2 Å². The first-order chi connectivity index (χ1) is 12.7. The molecule has 0 aliphatic carbocycles. The highest BCUT2D eigenvalue weighted by molar-refractivity contribution is 5.86. The maximum atomic E-state index is 12.9. The zero-order chi connectivity index (χ0) is 20.0. The lowest BCUT2D eigenvalue weighted by Gasteiger charge is -2.33. The first-order valence-electron chi connectivity index (χ1n) is 9.06. The Bertz CT molecular complexity index is 665. The zero-order valence-electron chi connectivity index (χ0n) is 16.0. The molecule has 0 unspecified atom stereocenters. The van der Waals surface area contributed by atoms with Crippen molar-refractivity contribution in [3.05, 3.63) is 35.4 Å². The third-order valence-corrected chi connectivity index (χ3v) is 4.65. The third kappa shape index (κ3) is 6.45.